The van der Waals surface area contributed by atoms with Crippen LogP contribution in [-0.4, -0.2) is 24.2 Å². The van der Waals surface area contributed by atoms with Crippen molar-refractivity contribution in [2.75, 3.05) is 18.5 Å². The van der Waals surface area contributed by atoms with Gasteiger partial charge in [0.25, 0.3) is 0 Å². The van der Waals surface area contributed by atoms with Crippen molar-refractivity contribution in [2.45, 2.75) is 27.7 Å². The highest BCUT2D eigenvalue weighted by Gasteiger charge is 2.24. The number of aryl methyl sites for hydroxylation is 2. The molecule has 0 aliphatic heterocycles. The molecule has 0 fully saturated rings. The maximum atomic E-state index is 12.6. The highest BCUT2D eigenvalue weighted by molar-refractivity contribution is 7.80. The molecule has 0 saturated heterocycles. The molecule has 128 valence electrons. The topological polar surface area (TPSA) is 50.4 Å². The summed E-state index contributed by atoms with van der Waals surface area (Å²) < 4.78 is 5.27. The third-order valence-corrected chi connectivity index (χ3v) is 4.74. The summed E-state index contributed by atoms with van der Waals surface area (Å²) in [6.45, 7) is 8.87. The van der Waals surface area contributed by atoms with Crippen LogP contribution in [0.3, 0.4) is 0 Å². The Balaban J connectivity index is 2.52. The molecule has 6 heteroatoms. The molecule has 0 spiro atoms. The molecular formula is C18H22N2O2S2. The van der Waals surface area contributed by atoms with Gasteiger partial charge in [-0.3, -0.25) is 0 Å². The van der Waals surface area contributed by atoms with E-state index in [2.05, 4.69) is 10.6 Å². The van der Waals surface area contributed by atoms with E-state index in [0.29, 0.717) is 22.3 Å². The summed E-state index contributed by atoms with van der Waals surface area (Å²) >= 11 is 6.77. The van der Waals surface area contributed by atoms with E-state index in [-0.39, 0.29) is 5.97 Å². The Bertz CT molecular complexity index is 736. The van der Waals surface area contributed by atoms with Crippen molar-refractivity contribution < 1.29 is 9.53 Å². The zero-order valence-electron chi connectivity index (χ0n) is 14.4. The second-order valence-electron chi connectivity index (χ2n) is 5.31. The fourth-order valence-corrected chi connectivity index (χ4v) is 3.79. The van der Waals surface area contributed by atoms with E-state index in [1.807, 2.05) is 45.0 Å². The lowest BCUT2D eigenvalue weighted by molar-refractivity contribution is 0.0529. The molecule has 4 nitrogen and oxygen atoms in total. The minimum absolute atomic E-state index is 0.332. The van der Waals surface area contributed by atoms with E-state index in [4.69, 9.17) is 17.0 Å². The molecule has 0 aliphatic rings. The van der Waals surface area contributed by atoms with Crippen LogP contribution >= 0.6 is 23.6 Å². The highest BCUT2D eigenvalue weighted by Crippen LogP contribution is 2.40. The van der Waals surface area contributed by atoms with Crippen LogP contribution in [0.4, 0.5) is 5.00 Å². The van der Waals surface area contributed by atoms with Gasteiger partial charge >= 0.3 is 5.97 Å². The maximum Gasteiger partial charge on any atom is 0.341 e. The number of ether oxygens (including phenoxy) is 1. The number of rotatable bonds is 5. The SMILES string of the molecule is CCNC(=S)Nc1sc(C)c(-c2ccc(C)cc2)c1C(=O)OCC. The van der Waals surface area contributed by atoms with Crippen molar-refractivity contribution in [3.05, 3.63) is 40.3 Å². The monoisotopic (exact) mass is 362 g/mol. The maximum absolute atomic E-state index is 12.6. The molecular weight excluding hydrogens is 340 g/mol. The summed E-state index contributed by atoms with van der Waals surface area (Å²) in [6.07, 6.45) is 0. The molecule has 0 amide bonds. The van der Waals surface area contributed by atoms with Crippen LogP contribution in [0.1, 0.15) is 34.6 Å². The number of esters is 1. The van der Waals surface area contributed by atoms with Crippen LogP contribution in [0.2, 0.25) is 0 Å². The zero-order valence-corrected chi connectivity index (χ0v) is 16.0. The van der Waals surface area contributed by atoms with Crippen LogP contribution < -0.4 is 10.6 Å². The van der Waals surface area contributed by atoms with Crippen molar-refractivity contribution in [3.63, 3.8) is 0 Å². The summed E-state index contributed by atoms with van der Waals surface area (Å²) in [5.74, 6) is -0.334. The minimum Gasteiger partial charge on any atom is -0.462 e. The first-order valence-corrected chi connectivity index (χ1v) is 9.12. The second-order valence-corrected chi connectivity index (χ2v) is 6.94. The van der Waals surface area contributed by atoms with E-state index in [1.165, 1.54) is 16.9 Å². The van der Waals surface area contributed by atoms with E-state index in [9.17, 15) is 4.79 Å². The molecule has 1 aromatic heterocycles. The van der Waals surface area contributed by atoms with E-state index in [0.717, 1.165) is 22.5 Å². The van der Waals surface area contributed by atoms with Crippen LogP contribution in [0.25, 0.3) is 11.1 Å². The number of benzene rings is 1. The number of thiophene rings is 1. The Morgan fingerprint density at radius 2 is 1.88 bits per heavy atom. The molecule has 1 aromatic carbocycles. The summed E-state index contributed by atoms with van der Waals surface area (Å²) in [6, 6.07) is 8.13. The lowest BCUT2D eigenvalue weighted by atomic mass is 10.0. The average molecular weight is 363 g/mol. The van der Waals surface area contributed by atoms with Gasteiger partial charge in [0.1, 0.15) is 10.6 Å². The Morgan fingerprint density at radius 3 is 2.46 bits per heavy atom. The standard InChI is InChI=1S/C18H22N2O2S2/c1-5-19-18(23)20-16-15(17(21)22-6-2)14(12(4)24-16)13-9-7-11(3)8-10-13/h7-10H,5-6H2,1-4H3,(H2,19,20,23). The average Bonchev–Trinajstić information content (AvgIpc) is 2.84. The van der Waals surface area contributed by atoms with Gasteiger partial charge in [0, 0.05) is 17.0 Å². The largest absolute Gasteiger partial charge is 0.462 e. The lowest BCUT2D eigenvalue weighted by Gasteiger charge is -2.11. The molecule has 1 heterocycles. The van der Waals surface area contributed by atoms with Crippen LogP contribution in [0.15, 0.2) is 24.3 Å². The fraction of sp³-hybridized carbons (Fsp3) is 0.333. The molecule has 0 bridgehead atoms. The number of hydrogen-bond donors (Lipinski definition) is 2. The van der Waals surface area contributed by atoms with Crippen molar-refractivity contribution in [3.8, 4) is 11.1 Å². The van der Waals surface area contributed by atoms with Crippen LogP contribution in [0.5, 0.6) is 0 Å². The number of nitrogens with one attached hydrogen (secondary N) is 2. The molecule has 0 unspecified atom stereocenters. The van der Waals surface area contributed by atoms with E-state index >= 15 is 0 Å². The lowest BCUT2D eigenvalue weighted by Crippen LogP contribution is -2.28. The van der Waals surface area contributed by atoms with E-state index < -0.39 is 0 Å². The van der Waals surface area contributed by atoms with Gasteiger partial charge in [0.2, 0.25) is 0 Å². The second kappa shape index (κ2) is 8.26. The van der Waals surface area contributed by atoms with Crippen molar-refractivity contribution >= 4 is 39.6 Å². The number of anilines is 1. The Labute approximate surface area is 152 Å². The van der Waals surface area contributed by atoms with Gasteiger partial charge in [0.15, 0.2) is 5.11 Å². The van der Waals surface area contributed by atoms with Crippen LogP contribution in [0, 0.1) is 13.8 Å². The number of hydrogen-bond acceptors (Lipinski definition) is 4. The van der Waals surface area contributed by atoms with Gasteiger partial charge in [-0.1, -0.05) is 29.8 Å². The van der Waals surface area contributed by atoms with Gasteiger partial charge in [-0.2, -0.15) is 0 Å². The third kappa shape index (κ3) is 4.13. The molecule has 0 atom stereocenters. The quantitative estimate of drug-likeness (QED) is 0.605. The summed E-state index contributed by atoms with van der Waals surface area (Å²) in [5, 5.41) is 7.39. The molecule has 0 aliphatic carbocycles. The molecule has 0 radical (unpaired) electrons. The molecule has 24 heavy (non-hydrogen) atoms. The first-order chi connectivity index (χ1) is 11.5. The van der Waals surface area contributed by atoms with Gasteiger partial charge in [-0.25, -0.2) is 4.79 Å². The first kappa shape index (κ1) is 18.4. The molecule has 0 saturated carbocycles. The minimum atomic E-state index is -0.334. The first-order valence-electron chi connectivity index (χ1n) is 7.90. The van der Waals surface area contributed by atoms with Gasteiger partial charge in [0.05, 0.1) is 6.61 Å². The molecule has 2 aromatic rings. The Hall–Kier alpha value is -1.92. The molecule has 2 rings (SSSR count). The fourth-order valence-electron chi connectivity index (χ4n) is 2.41. The molecule has 2 N–H and O–H groups in total. The predicted octanol–water partition coefficient (Wildman–Crippen LogP) is 4.51. The summed E-state index contributed by atoms with van der Waals surface area (Å²) in [4.78, 5) is 13.6. The number of carbonyl (C=O) groups excluding carboxylic acids is 1. The number of carbonyl (C=O) groups is 1. The van der Waals surface area contributed by atoms with Crippen LogP contribution in [-0.2, 0) is 4.74 Å². The zero-order chi connectivity index (χ0) is 17.7. The summed E-state index contributed by atoms with van der Waals surface area (Å²) in [5.41, 5.74) is 3.62. The highest BCUT2D eigenvalue weighted by atomic mass is 32.1. The van der Waals surface area contributed by atoms with Gasteiger partial charge < -0.3 is 15.4 Å². The van der Waals surface area contributed by atoms with E-state index in [1.54, 1.807) is 6.92 Å². The number of thiocarbonyl (C=S) groups is 1. The van der Waals surface area contributed by atoms with Crippen molar-refractivity contribution in [2.24, 2.45) is 0 Å². The summed E-state index contributed by atoms with van der Waals surface area (Å²) in [7, 11) is 0. The predicted molar refractivity (Wildman–Crippen MR) is 105 cm³/mol. The van der Waals surface area contributed by atoms with Crippen molar-refractivity contribution in [1.82, 2.24) is 5.32 Å². The van der Waals surface area contributed by atoms with Gasteiger partial charge in [-0.05, 0) is 45.5 Å². The van der Waals surface area contributed by atoms with Crippen molar-refractivity contribution in [1.29, 1.82) is 0 Å². The smallest absolute Gasteiger partial charge is 0.341 e. The third-order valence-electron chi connectivity index (χ3n) is 3.47. The Morgan fingerprint density at radius 1 is 1.21 bits per heavy atom. The van der Waals surface area contributed by atoms with Gasteiger partial charge in [-0.15, -0.1) is 11.3 Å². The Kier molecular flexibility index (Phi) is 6.34. The normalized spacial score (nSPS) is 10.3.